The van der Waals surface area contributed by atoms with Crippen LogP contribution in [-0.4, -0.2) is 9.55 Å². The fourth-order valence-corrected chi connectivity index (χ4v) is 2.59. The Hall–Kier alpha value is -1.13. The summed E-state index contributed by atoms with van der Waals surface area (Å²) in [6.45, 7) is 6.30. The Morgan fingerprint density at radius 2 is 2.41 bits per heavy atom. The third-order valence-corrected chi connectivity index (χ3v) is 3.60. The molecule has 0 radical (unpaired) electrons. The third kappa shape index (κ3) is 3.17. The normalized spacial score (nSPS) is 12.8. The average molecular weight is 249 g/mol. The van der Waals surface area contributed by atoms with Gasteiger partial charge in [0.15, 0.2) is 0 Å². The first-order valence-electron chi connectivity index (χ1n) is 6.05. The van der Waals surface area contributed by atoms with Crippen molar-refractivity contribution in [3.8, 4) is 0 Å². The summed E-state index contributed by atoms with van der Waals surface area (Å²) in [4.78, 5) is 4.21. The molecule has 2 aromatic rings. The van der Waals surface area contributed by atoms with Crippen molar-refractivity contribution >= 4 is 11.3 Å². The number of aryl methyl sites for hydroxylation is 1. The Balaban J connectivity index is 1.91. The molecule has 0 saturated carbocycles. The van der Waals surface area contributed by atoms with Gasteiger partial charge in [0.2, 0.25) is 0 Å². The molecule has 1 unspecified atom stereocenters. The van der Waals surface area contributed by atoms with Crippen LogP contribution < -0.4 is 5.32 Å². The highest BCUT2D eigenvalue weighted by Gasteiger charge is 2.07. The van der Waals surface area contributed by atoms with Crippen LogP contribution >= 0.6 is 11.3 Å². The molecule has 92 valence electrons. The molecule has 2 aromatic heterocycles. The summed E-state index contributed by atoms with van der Waals surface area (Å²) < 4.78 is 2.22. The van der Waals surface area contributed by atoms with Crippen LogP contribution in [-0.2, 0) is 13.1 Å². The zero-order valence-corrected chi connectivity index (χ0v) is 11.2. The maximum absolute atomic E-state index is 4.21. The van der Waals surface area contributed by atoms with Gasteiger partial charge >= 0.3 is 0 Å². The van der Waals surface area contributed by atoms with E-state index < -0.39 is 0 Å². The van der Waals surface area contributed by atoms with Gasteiger partial charge in [-0.15, -0.1) is 0 Å². The summed E-state index contributed by atoms with van der Waals surface area (Å²) in [5.74, 6) is 0. The predicted molar refractivity (Wildman–Crippen MR) is 72.1 cm³/mol. The number of hydrogen-bond acceptors (Lipinski definition) is 3. The minimum atomic E-state index is 0.395. The SMILES string of the molecule is CCCn1cncc1CNC(C)c1ccsc1. The zero-order valence-electron chi connectivity index (χ0n) is 10.4. The molecule has 3 nitrogen and oxygen atoms in total. The molecule has 2 heterocycles. The van der Waals surface area contributed by atoms with Crippen LogP contribution in [0.1, 0.15) is 37.6 Å². The van der Waals surface area contributed by atoms with E-state index in [0.29, 0.717) is 6.04 Å². The van der Waals surface area contributed by atoms with Gasteiger partial charge in [-0.1, -0.05) is 6.92 Å². The zero-order chi connectivity index (χ0) is 12.1. The highest BCUT2D eigenvalue weighted by atomic mass is 32.1. The summed E-state index contributed by atoms with van der Waals surface area (Å²) >= 11 is 1.74. The van der Waals surface area contributed by atoms with E-state index in [0.717, 1.165) is 19.5 Å². The first-order valence-corrected chi connectivity index (χ1v) is 7.00. The highest BCUT2D eigenvalue weighted by Crippen LogP contribution is 2.16. The summed E-state index contributed by atoms with van der Waals surface area (Å²) in [6.07, 6.45) is 5.00. The lowest BCUT2D eigenvalue weighted by atomic mass is 10.2. The van der Waals surface area contributed by atoms with Crippen LogP contribution in [0.4, 0.5) is 0 Å². The molecule has 0 saturated heterocycles. The number of nitrogens with one attached hydrogen (secondary N) is 1. The van der Waals surface area contributed by atoms with E-state index in [1.807, 2.05) is 12.5 Å². The molecule has 0 aliphatic carbocycles. The molecule has 17 heavy (non-hydrogen) atoms. The van der Waals surface area contributed by atoms with E-state index in [2.05, 4.69) is 45.5 Å². The predicted octanol–water partition coefficient (Wildman–Crippen LogP) is 3.21. The fraction of sp³-hybridized carbons (Fsp3) is 0.462. The Morgan fingerprint density at radius 1 is 1.53 bits per heavy atom. The van der Waals surface area contributed by atoms with Gasteiger partial charge in [0.1, 0.15) is 0 Å². The maximum Gasteiger partial charge on any atom is 0.0948 e. The van der Waals surface area contributed by atoms with Gasteiger partial charge in [0.25, 0.3) is 0 Å². The minimum absolute atomic E-state index is 0.395. The molecule has 0 aliphatic rings. The van der Waals surface area contributed by atoms with E-state index in [-0.39, 0.29) is 0 Å². The Kier molecular flexibility index (Phi) is 4.34. The Bertz CT molecular complexity index is 433. The molecule has 0 fully saturated rings. The number of aromatic nitrogens is 2. The number of rotatable bonds is 6. The van der Waals surface area contributed by atoms with E-state index >= 15 is 0 Å². The minimum Gasteiger partial charge on any atom is -0.333 e. The van der Waals surface area contributed by atoms with Crippen molar-refractivity contribution in [3.05, 3.63) is 40.6 Å². The molecule has 0 amide bonds. The second kappa shape index (κ2) is 5.98. The van der Waals surface area contributed by atoms with Gasteiger partial charge in [-0.2, -0.15) is 11.3 Å². The van der Waals surface area contributed by atoms with Crippen LogP contribution in [0.3, 0.4) is 0 Å². The molecule has 0 aromatic carbocycles. The molecule has 1 atom stereocenters. The quantitative estimate of drug-likeness (QED) is 0.852. The second-order valence-corrected chi connectivity index (χ2v) is 5.02. The van der Waals surface area contributed by atoms with E-state index in [4.69, 9.17) is 0 Å². The van der Waals surface area contributed by atoms with Crippen LogP contribution in [0.5, 0.6) is 0 Å². The van der Waals surface area contributed by atoms with Gasteiger partial charge in [-0.25, -0.2) is 4.98 Å². The van der Waals surface area contributed by atoms with Crippen molar-refractivity contribution in [1.82, 2.24) is 14.9 Å². The number of nitrogens with zero attached hydrogens (tertiary/aromatic N) is 2. The van der Waals surface area contributed by atoms with E-state index in [1.165, 1.54) is 11.3 Å². The van der Waals surface area contributed by atoms with Gasteiger partial charge in [0.05, 0.1) is 12.0 Å². The monoisotopic (exact) mass is 249 g/mol. The molecular weight excluding hydrogens is 230 g/mol. The van der Waals surface area contributed by atoms with Gasteiger partial charge in [-0.3, -0.25) is 0 Å². The lowest BCUT2D eigenvalue weighted by molar-refractivity contribution is 0.542. The lowest BCUT2D eigenvalue weighted by Crippen LogP contribution is -2.19. The molecule has 1 N–H and O–H groups in total. The standard InChI is InChI=1S/C13H19N3S/c1-3-5-16-10-14-7-13(16)8-15-11(2)12-4-6-17-9-12/h4,6-7,9-11,15H,3,5,8H2,1-2H3. The molecule has 0 aliphatic heterocycles. The van der Waals surface area contributed by atoms with Gasteiger partial charge < -0.3 is 9.88 Å². The topological polar surface area (TPSA) is 29.9 Å². The highest BCUT2D eigenvalue weighted by molar-refractivity contribution is 7.07. The number of thiophene rings is 1. The largest absolute Gasteiger partial charge is 0.333 e. The van der Waals surface area contributed by atoms with Crippen LogP contribution in [0.2, 0.25) is 0 Å². The summed E-state index contributed by atoms with van der Waals surface area (Å²) in [5, 5.41) is 7.85. The van der Waals surface area contributed by atoms with E-state index in [1.54, 1.807) is 11.3 Å². The summed E-state index contributed by atoms with van der Waals surface area (Å²) in [5.41, 5.74) is 2.62. The molecule has 0 spiro atoms. The fourth-order valence-electron chi connectivity index (χ4n) is 1.83. The van der Waals surface area contributed by atoms with Crippen LogP contribution in [0.15, 0.2) is 29.4 Å². The average Bonchev–Trinajstić information content (AvgIpc) is 2.97. The first kappa shape index (κ1) is 12.3. The maximum atomic E-state index is 4.21. The van der Waals surface area contributed by atoms with Crippen molar-refractivity contribution < 1.29 is 0 Å². The van der Waals surface area contributed by atoms with E-state index in [9.17, 15) is 0 Å². The van der Waals surface area contributed by atoms with Crippen molar-refractivity contribution in [1.29, 1.82) is 0 Å². The first-order chi connectivity index (χ1) is 8.31. The molecule has 2 rings (SSSR count). The lowest BCUT2D eigenvalue weighted by Gasteiger charge is -2.13. The smallest absolute Gasteiger partial charge is 0.0948 e. The van der Waals surface area contributed by atoms with Crippen molar-refractivity contribution in [2.45, 2.75) is 39.4 Å². The van der Waals surface area contributed by atoms with Crippen molar-refractivity contribution in [3.63, 3.8) is 0 Å². The number of hydrogen-bond donors (Lipinski definition) is 1. The summed E-state index contributed by atoms with van der Waals surface area (Å²) in [7, 11) is 0. The Labute approximate surface area is 107 Å². The van der Waals surface area contributed by atoms with Crippen LogP contribution in [0.25, 0.3) is 0 Å². The molecule has 4 heteroatoms. The van der Waals surface area contributed by atoms with Crippen molar-refractivity contribution in [2.75, 3.05) is 0 Å². The Morgan fingerprint density at radius 3 is 3.12 bits per heavy atom. The number of imidazole rings is 1. The van der Waals surface area contributed by atoms with Gasteiger partial charge in [-0.05, 0) is 35.7 Å². The van der Waals surface area contributed by atoms with Gasteiger partial charge in [0, 0.05) is 25.3 Å². The second-order valence-electron chi connectivity index (χ2n) is 4.24. The third-order valence-electron chi connectivity index (χ3n) is 2.90. The molecular formula is C13H19N3S. The van der Waals surface area contributed by atoms with Crippen molar-refractivity contribution in [2.24, 2.45) is 0 Å². The van der Waals surface area contributed by atoms with Crippen LogP contribution in [0, 0.1) is 0 Å². The summed E-state index contributed by atoms with van der Waals surface area (Å²) in [6, 6.07) is 2.57. The molecule has 0 bridgehead atoms.